The SMILES string of the molecule is CC(C)(O)CCc1ccc(C(=O)NCCC2CCOC2)cc1. The highest BCUT2D eigenvalue weighted by Gasteiger charge is 2.16. The molecule has 1 fully saturated rings. The van der Waals surface area contributed by atoms with E-state index in [0.717, 1.165) is 38.0 Å². The zero-order valence-electron chi connectivity index (χ0n) is 13.6. The van der Waals surface area contributed by atoms with Crippen LogP contribution in [0.4, 0.5) is 0 Å². The number of nitrogens with one attached hydrogen (secondary N) is 1. The Morgan fingerprint density at radius 1 is 1.36 bits per heavy atom. The molecule has 4 nitrogen and oxygen atoms in total. The van der Waals surface area contributed by atoms with Crippen molar-refractivity contribution in [2.45, 2.75) is 45.1 Å². The fraction of sp³-hybridized carbons (Fsp3) is 0.611. The van der Waals surface area contributed by atoms with Crippen molar-refractivity contribution in [2.24, 2.45) is 5.92 Å². The third-order valence-corrected chi connectivity index (χ3v) is 4.10. The Morgan fingerprint density at radius 2 is 2.09 bits per heavy atom. The van der Waals surface area contributed by atoms with Crippen LogP contribution in [0, 0.1) is 5.92 Å². The number of amides is 1. The van der Waals surface area contributed by atoms with Crippen LogP contribution in [0.25, 0.3) is 0 Å². The lowest BCUT2D eigenvalue weighted by molar-refractivity contribution is 0.0713. The van der Waals surface area contributed by atoms with Crippen LogP contribution in [0.3, 0.4) is 0 Å². The van der Waals surface area contributed by atoms with Gasteiger partial charge in [0.15, 0.2) is 0 Å². The highest BCUT2D eigenvalue weighted by Crippen LogP contribution is 2.16. The van der Waals surface area contributed by atoms with Gasteiger partial charge in [-0.05, 0) is 63.1 Å². The molecule has 1 aliphatic heterocycles. The van der Waals surface area contributed by atoms with E-state index in [-0.39, 0.29) is 5.91 Å². The van der Waals surface area contributed by atoms with Gasteiger partial charge in [-0.1, -0.05) is 12.1 Å². The van der Waals surface area contributed by atoms with Gasteiger partial charge in [0.1, 0.15) is 0 Å². The maximum Gasteiger partial charge on any atom is 0.251 e. The fourth-order valence-electron chi connectivity index (χ4n) is 2.58. The van der Waals surface area contributed by atoms with Crippen molar-refractivity contribution in [1.82, 2.24) is 5.32 Å². The second kappa shape index (κ2) is 7.75. The molecule has 2 rings (SSSR count). The molecule has 0 aliphatic carbocycles. The number of rotatable bonds is 7. The topological polar surface area (TPSA) is 58.6 Å². The first-order chi connectivity index (χ1) is 10.4. The minimum Gasteiger partial charge on any atom is -0.390 e. The zero-order chi connectivity index (χ0) is 16.0. The Labute approximate surface area is 132 Å². The highest BCUT2D eigenvalue weighted by atomic mass is 16.5. The molecule has 4 heteroatoms. The Kier molecular flexibility index (Phi) is 5.98. The normalized spacial score (nSPS) is 18.4. The monoisotopic (exact) mass is 305 g/mol. The molecule has 1 aromatic carbocycles. The number of aryl methyl sites for hydroxylation is 1. The van der Waals surface area contributed by atoms with Gasteiger partial charge in [0, 0.05) is 25.3 Å². The summed E-state index contributed by atoms with van der Waals surface area (Å²) in [4.78, 5) is 12.1. The summed E-state index contributed by atoms with van der Waals surface area (Å²) in [6.45, 7) is 6.00. The van der Waals surface area contributed by atoms with Crippen molar-refractivity contribution in [3.8, 4) is 0 Å². The summed E-state index contributed by atoms with van der Waals surface area (Å²) >= 11 is 0. The van der Waals surface area contributed by atoms with E-state index >= 15 is 0 Å². The quantitative estimate of drug-likeness (QED) is 0.814. The summed E-state index contributed by atoms with van der Waals surface area (Å²) in [7, 11) is 0. The van der Waals surface area contributed by atoms with Gasteiger partial charge in [0.25, 0.3) is 5.91 Å². The van der Waals surface area contributed by atoms with Gasteiger partial charge in [-0.2, -0.15) is 0 Å². The lowest BCUT2D eigenvalue weighted by Gasteiger charge is -2.16. The van der Waals surface area contributed by atoms with Gasteiger partial charge in [-0.25, -0.2) is 0 Å². The van der Waals surface area contributed by atoms with E-state index in [1.165, 1.54) is 0 Å². The molecular formula is C18H27NO3. The molecule has 1 saturated heterocycles. The predicted octanol–water partition coefficient (Wildman–Crippen LogP) is 2.55. The van der Waals surface area contributed by atoms with Crippen molar-refractivity contribution < 1.29 is 14.6 Å². The predicted molar refractivity (Wildman–Crippen MR) is 86.9 cm³/mol. The van der Waals surface area contributed by atoms with E-state index in [0.29, 0.717) is 24.4 Å². The van der Waals surface area contributed by atoms with Gasteiger partial charge in [0.2, 0.25) is 0 Å². The number of ether oxygens (including phenoxy) is 1. The second-order valence-corrected chi connectivity index (χ2v) is 6.78. The van der Waals surface area contributed by atoms with Crippen molar-refractivity contribution >= 4 is 5.91 Å². The van der Waals surface area contributed by atoms with Crippen LogP contribution in [0.5, 0.6) is 0 Å². The standard InChI is InChI=1S/C18H27NO3/c1-18(2,21)10-7-14-3-5-16(6-4-14)17(20)19-11-8-15-9-12-22-13-15/h3-6,15,21H,7-13H2,1-2H3,(H,19,20). The smallest absolute Gasteiger partial charge is 0.251 e. The molecule has 1 aliphatic rings. The van der Waals surface area contributed by atoms with E-state index in [1.807, 2.05) is 38.1 Å². The third-order valence-electron chi connectivity index (χ3n) is 4.10. The van der Waals surface area contributed by atoms with Crippen LogP contribution in [-0.4, -0.2) is 36.4 Å². The van der Waals surface area contributed by atoms with Crippen LogP contribution in [0.1, 0.15) is 49.0 Å². The molecule has 0 aromatic heterocycles. The van der Waals surface area contributed by atoms with Crippen molar-refractivity contribution in [3.63, 3.8) is 0 Å². The van der Waals surface area contributed by atoms with Gasteiger partial charge in [-0.3, -0.25) is 4.79 Å². The summed E-state index contributed by atoms with van der Waals surface area (Å²) in [6, 6.07) is 7.64. The maximum atomic E-state index is 12.1. The highest BCUT2D eigenvalue weighted by molar-refractivity contribution is 5.94. The Balaban J connectivity index is 1.75. The first-order valence-electron chi connectivity index (χ1n) is 8.11. The molecule has 1 atom stereocenters. The molecule has 1 aromatic rings. The minimum atomic E-state index is -0.653. The largest absolute Gasteiger partial charge is 0.390 e. The van der Waals surface area contributed by atoms with Crippen molar-refractivity contribution in [1.29, 1.82) is 0 Å². The van der Waals surface area contributed by atoms with Gasteiger partial charge < -0.3 is 15.2 Å². The van der Waals surface area contributed by atoms with E-state index in [1.54, 1.807) is 0 Å². The molecule has 0 saturated carbocycles. The summed E-state index contributed by atoms with van der Waals surface area (Å²) in [5.74, 6) is 0.567. The second-order valence-electron chi connectivity index (χ2n) is 6.78. The van der Waals surface area contributed by atoms with Crippen molar-refractivity contribution in [3.05, 3.63) is 35.4 Å². The van der Waals surface area contributed by atoms with Crippen LogP contribution in [-0.2, 0) is 11.2 Å². The first kappa shape index (κ1) is 17.0. The molecule has 22 heavy (non-hydrogen) atoms. The average Bonchev–Trinajstić information content (AvgIpc) is 2.98. The fourth-order valence-corrected chi connectivity index (χ4v) is 2.58. The lowest BCUT2D eigenvalue weighted by atomic mass is 9.98. The number of carbonyl (C=O) groups is 1. The number of aliphatic hydroxyl groups is 1. The van der Waals surface area contributed by atoms with E-state index < -0.39 is 5.60 Å². The average molecular weight is 305 g/mol. The van der Waals surface area contributed by atoms with Gasteiger partial charge in [0.05, 0.1) is 5.60 Å². The minimum absolute atomic E-state index is 0.0204. The van der Waals surface area contributed by atoms with Gasteiger partial charge in [-0.15, -0.1) is 0 Å². The molecule has 0 radical (unpaired) electrons. The Bertz CT molecular complexity index is 470. The lowest BCUT2D eigenvalue weighted by Crippen LogP contribution is -2.26. The number of hydrogen-bond donors (Lipinski definition) is 2. The van der Waals surface area contributed by atoms with Gasteiger partial charge >= 0.3 is 0 Å². The van der Waals surface area contributed by atoms with Crippen LogP contribution < -0.4 is 5.32 Å². The van der Waals surface area contributed by atoms with Crippen molar-refractivity contribution in [2.75, 3.05) is 19.8 Å². The van der Waals surface area contributed by atoms with E-state index in [9.17, 15) is 9.90 Å². The van der Waals surface area contributed by atoms with Crippen LogP contribution in [0.2, 0.25) is 0 Å². The summed E-state index contributed by atoms with van der Waals surface area (Å²) in [5.41, 5.74) is 1.18. The Hall–Kier alpha value is -1.39. The third kappa shape index (κ3) is 5.78. The molecule has 1 unspecified atom stereocenters. The molecule has 2 N–H and O–H groups in total. The molecular weight excluding hydrogens is 278 g/mol. The molecule has 122 valence electrons. The van der Waals surface area contributed by atoms with Crippen LogP contribution in [0.15, 0.2) is 24.3 Å². The first-order valence-corrected chi connectivity index (χ1v) is 8.11. The Morgan fingerprint density at radius 3 is 2.68 bits per heavy atom. The number of carbonyl (C=O) groups excluding carboxylic acids is 1. The maximum absolute atomic E-state index is 12.1. The summed E-state index contributed by atoms with van der Waals surface area (Å²) in [6.07, 6.45) is 3.61. The van der Waals surface area contributed by atoms with E-state index in [2.05, 4.69) is 5.32 Å². The molecule has 0 spiro atoms. The molecule has 1 heterocycles. The molecule has 0 bridgehead atoms. The van der Waals surface area contributed by atoms with Crippen LogP contribution >= 0.6 is 0 Å². The zero-order valence-corrected chi connectivity index (χ0v) is 13.6. The van der Waals surface area contributed by atoms with E-state index in [4.69, 9.17) is 4.74 Å². The summed E-state index contributed by atoms with van der Waals surface area (Å²) < 4.78 is 5.33. The number of benzene rings is 1. The summed E-state index contributed by atoms with van der Waals surface area (Å²) in [5, 5.41) is 12.7. The number of hydrogen-bond acceptors (Lipinski definition) is 3. The molecule has 1 amide bonds.